The molecule has 3 heterocycles. The minimum Gasteiger partial charge on any atom is -0.394 e. The molecule has 0 aromatic carbocycles. The molecule has 3 rings (SSSR count). The van der Waals surface area contributed by atoms with Crippen molar-refractivity contribution >= 4 is 23.0 Å². The molecule has 0 radical (unpaired) electrons. The number of hydrogen-bond acceptors (Lipinski definition) is 10. The summed E-state index contributed by atoms with van der Waals surface area (Å²) in [5.74, 6) is -0.543. The van der Waals surface area contributed by atoms with Crippen LogP contribution in [0.15, 0.2) is 11.1 Å². The maximum atomic E-state index is 11.9. The third kappa shape index (κ3) is 3.77. The number of fused-ring (bicyclic) bond motifs is 1. The minimum atomic E-state index is -1.22. The highest BCUT2D eigenvalue weighted by Crippen LogP contribution is 2.33. The number of H-pyrrole nitrogens is 1. The highest BCUT2D eigenvalue weighted by atomic mass is 16.6. The maximum absolute atomic E-state index is 11.9. The van der Waals surface area contributed by atoms with Crippen LogP contribution in [0.5, 0.6) is 0 Å². The first kappa shape index (κ1) is 19.2. The van der Waals surface area contributed by atoms with Gasteiger partial charge in [0.15, 0.2) is 17.4 Å². The van der Waals surface area contributed by atoms with E-state index in [0.29, 0.717) is 0 Å². The molecule has 0 bridgehead atoms. The van der Waals surface area contributed by atoms with Crippen LogP contribution in [0, 0.1) is 0 Å². The SMILES string of the molecule is NCCNC(=O)COC1C(O)[C@@H](CO)O[C@H]1n1cnc2c(=O)[nH]c(N)nc21. The fraction of sp³-hybridized carbons (Fsp3) is 0.571. The van der Waals surface area contributed by atoms with Crippen LogP contribution in [-0.4, -0.2) is 80.3 Å². The lowest BCUT2D eigenvalue weighted by molar-refractivity contribution is -0.132. The molecule has 1 amide bonds. The van der Waals surface area contributed by atoms with Gasteiger partial charge in [0.2, 0.25) is 11.9 Å². The zero-order valence-corrected chi connectivity index (χ0v) is 14.2. The van der Waals surface area contributed by atoms with Crippen molar-refractivity contribution in [1.29, 1.82) is 0 Å². The number of imidazole rings is 1. The number of ether oxygens (including phenoxy) is 2. The van der Waals surface area contributed by atoms with Crippen molar-refractivity contribution in [1.82, 2.24) is 24.8 Å². The Morgan fingerprint density at radius 2 is 2.30 bits per heavy atom. The van der Waals surface area contributed by atoms with E-state index in [1.165, 1.54) is 10.9 Å². The normalized spacial score (nSPS) is 25.1. The van der Waals surface area contributed by atoms with Gasteiger partial charge in [-0.1, -0.05) is 0 Å². The molecular formula is C14H21N7O6. The molecule has 2 aromatic rings. The van der Waals surface area contributed by atoms with Gasteiger partial charge >= 0.3 is 0 Å². The third-order valence-electron chi connectivity index (χ3n) is 4.09. The monoisotopic (exact) mass is 383 g/mol. The molecule has 1 aliphatic rings. The summed E-state index contributed by atoms with van der Waals surface area (Å²) in [4.78, 5) is 34.0. The minimum absolute atomic E-state index is 0.0224. The zero-order chi connectivity index (χ0) is 19.6. The van der Waals surface area contributed by atoms with Gasteiger partial charge in [-0.3, -0.25) is 19.1 Å². The highest BCUT2D eigenvalue weighted by molar-refractivity contribution is 5.77. The second kappa shape index (κ2) is 7.98. The van der Waals surface area contributed by atoms with Gasteiger partial charge in [-0.25, -0.2) is 4.98 Å². The average molecular weight is 383 g/mol. The van der Waals surface area contributed by atoms with Gasteiger partial charge in [-0.2, -0.15) is 4.98 Å². The Labute approximate surface area is 152 Å². The smallest absolute Gasteiger partial charge is 0.280 e. The lowest BCUT2D eigenvalue weighted by Crippen LogP contribution is -2.39. The third-order valence-corrected chi connectivity index (χ3v) is 4.09. The molecule has 2 aromatic heterocycles. The lowest BCUT2D eigenvalue weighted by Gasteiger charge is -2.21. The van der Waals surface area contributed by atoms with E-state index in [-0.39, 0.29) is 36.8 Å². The molecule has 1 aliphatic heterocycles. The van der Waals surface area contributed by atoms with Crippen LogP contribution in [0.2, 0.25) is 0 Å². The topological polar surface area (TPSA) is 204 Å². The molecule has 148 valence electrons. The van der Waals surface area contributed by atoms with Crippen LogP contribution in [-0.2, 0) is 14.3 Å². The summed E-state index contributed by atoms with van der Waals surface area (Å²) in [6.07, 6.45) is -2.90. The standard InChI is InChI=1S/C14H21N7O6/c15-1-2-17-7(23)4-26-10-9(24)6(3-22)27-13(10)21-5-18-8-11(21)19-14(16)20-12(8)25/h5-6,9-10,13,22,24H,1-4,15H2,(H,17,23)(H3,16,19,20,25)/t6-,9?,10?,13-/m1/s1. The number of nitrogens with zero attached hydrogens (tertiary/aromatic N) is 3. The highest BCUT2D eigenvalue weighted by Gasteiger charge is 2.46. The molecule has 0 aliphatic carbocycles. The first-order chi connectivity index (χ1) is 13.0. The van der Waals surface area contributed by atoms with Crippen molar-refractivity contribution in [3.8, 4) is 0 Å². The summed E-state index contributed by atoms with van der Waals surface area (Å²) in [5, 5.41) is 22.3. The van der Waals surface area contributed by atoms with E-state index < -0.39 is 42.6 Å². The number of nitrogens with one attached hydrogen (secondary N) is 2. The molecule has 1 saturated heterocycles. The number of hydrogen-bond donors (Lipinski definition) is 6. The van der Waals surface area contributed by atoms with Gasteiger partial charge in [-0.05, 0) is 0 Å². The number of amides is 1. The fourth-order valence-electron chi connectivity index (χ4n) is 2.84. The van der Waals surface area contributed by atoms with Crippen molar-refractivity contribution in [3.05, 3.63) is 16.7 Å². The van der Waals surface area contributed by atoms with E-state index in [1.54, 1.807) is 0 Å². The molecule has 0 spiro atoms. The Kier molecular flexibility index (Phi) is 5.67. The number of rotatable bonds is 7. The number of carbonyl (C=O) groups excluding carboxylic acids is 1. The van der Waals surface area contributed by atoms with E-state index in [0.717, 1.165) is 0 Å². The number of nitrogen functional groups attached to an aromatic ring is 1. The van der Waals surface area contributed by atoms with Crippen LogP contribution in [0.1, 0.15) is 6.23 Å². The predicted molar refractivity (Wildman–Crippen MR) is 91.4 cm³/mol. The number of aliphatic hydroxyl groups is 2. The van der Waals surface area contributed by atoms with E-state index >= 15 is 0 Å². The Morgan fingerprint density at radius 3 is 3.00 bits per heavy atom. The Morgan fingerprint density at radius 1 is 1.52 bits per heavy atom. The van der Waals surface area contributed by atoms with E-state index in [1.807, 2.05) is 0 Å². The molecule has 2 unspecified atom stereocenters. The molecule has 1 fully saturated rings. The van der Waals surface area contributed by atoms with Crippen molar-refractivity contribution in [3.63, 3.8) is 0 Å². The fourth-order valence-corrected chi connectivity index (χ4v) is 2.84. The number of aromatic nitrogens is 4. The first-order valence-corrected chi connectivity index (χ1v) is 8.21. The van der Waals surface area contributed by atoms with Gasteiger partial charge in [0.05, 0.1) is 12.9 Å². The number of carbonyl (C=O) groups is 1. The predicted octanol–water partition coefficient (Wildman–Crippen LogP) is -3.59. The van der Waals surface area contributed by atoms with Gasteiger partial charge in [0, 0.05) is 13.1 Å². The van der Waals surface area contributed by atoms with Crippen molar-refractivity contribution < 1.29 is 24.5 Å². The van der Waals surface area contributed by atoms with Crippen LogP contribution in [0.25, 0.3) is 11.2 Å². The summed E-state index contributed by atoms with van der Waals surface area (Å²) in [6.45, 7) is -0.270. The maximum Gasteiger partial charge on any atom is 0.280 e. The summed E-state index contributed by atoms with van der Waals surface area (Å²) in [6, 6.07) is 0. The molecular weight excluding hydrogens is 362 g/mol. The van der Waals surface area contributed by atoms with Crippen LogP contribution < -0.4 is 22.3 Å². The van der Waals surface area contributed by atoms with Crippen molar-refractivity contribution in [2.45, 2.75) is 24.5 Å². The van der Waals surface area contributed by atoms with Gasteiger partial charge in [0.25, 0.3) is 5.56 Å². The Bertz CT molecular complexity index is 867. The van der Waals surface area contributed by atoms with Crippen LogP contribution in [0.3, 0.4) is 0 Å². The molecule has 4 atom stereocenters. The van der Waals surface area contributed by atoms with Gasteiger partial charge < -0.3 is 36.5 Å². The largest absolute Gasteiger partial charge is 0.394 e. The van der Waals surface area contributed by atoms with Crippen LogP contribution in [0.4, 0.5) is 5.95 Å². The average Bonchev–Trinajstić information content (AvgIpc) is 3.19. The second-order valence-corrected chi connectivity index (χ2v) is 5.93. The number of aliphatic hydroxyl groups excluding tert-OH is 2. The first-order valence-electron chi connectivity index (χ1n) is 8.21. The molecule has 27 heavy (non-hydrogen) atoms. The quantitative estimate of drug-likeness (QED) is 0.277. The molecule has 13 heteroatoms. The number of nitrogens with two attached hydrogens (primary N) is 2. The second-order valence-electron chi connectivity index (χ2n) is 5.93. The van der Waals surface area contributed by atoms with Crippen LogP contribution >= 0.6 is 0 Å². The van der Waals surface area contributed by atoms with Crippen molar-refractivity contribution in [2.24, 2.45) is 5.73 Å². The molecule has 0 saturated carbocycles. The van der Waals surface area contributed by atoms with E-state index in [2.05, 4.69) is 20.3 Å². The summed E-state index contributed by atoms with van der Waals surface area (Å²) < 4.78 is 12.5. The van der Waals surface area contributed by atoms with Gasteiger partial charge in [0.1, 0.15) is 24.9 Å². The lowest BCUT2D eigenvalue weighted by atomic mass is 10.1. The number of aromatic amines is 1. The van der Waals surface area contributed by atoms with Gasteiger partial charge in [-0.15, -0.1) is 0 Å². The zero-order valence-electron chi connectivity index (χ0n) is 14.2. The summed E-state index contributed by atoms with van der Waals surface area (Å²) in [5.41, 5.74) is 10.5. The van der Waals surface area contributed by atoms with E-state index in [4.69, 9.17) is 20.9 Å². The summed E-state index contributed by atoms with van der Waals surface area (Å²) in [7, 11) is 0. The van der Waals surface area contributed by atoms with E-state index in [9.17, 15) is 19.8 Å². The number of anilines is 1. The Balaban J connectivity index is 1.87. The van der Waals surface area contributed by atoms with Crippen molar-refractivity contribution in [2.75, 3.05) is 32.0 Å². The molecule has 13 nitrogen and oxygen atoms in total. The Hall–Kier alpha value is -2.58. The molecule has 8 N–H and O–H groups in total. The summed E-state index contributed by atoms with van der Waals surface area (Å²) >= 11 is 0.